The number of carbonyl (C=O) groups excluding carboxylic acids is 2. The highest BCUT2D eigenvalue weighted by Crippen LogP contribution is 2.38. The van der Waals surface area contributed by atoms with Crippen molar-refractivity contribution in [2.75, 3.05) is 0 Å². The Morgan fingerprint density at radius 3 is 2.77 bits per heavy atom. The minimum Gasteiger partial charge on any atom is -0.444 e. The van der Waals surface area contributed by atoms with Gasteiger partial charge in [0.15, 0.2) is 5.78 Å². The van der Waals surface area contributed by atoms with E-state index in [0.717, 1.165) is 31.2 Å². The standard InChI is InChI=1S/C18H21NO3/c20-16-10-4-5-11-18(16)12-6-7-13-19(18)17(21)22-14-15-8-2-1-3-9-15/h1-3,7-9,13H,4-6,10-12,14H2. The van der Waals surface area contributed by atoms with Crippen LogP contribution in [0.2, 0.25) is 0 Å². The van der Waals surface area contributed by atoms with Crippen LogP contribution >= 0.6 is 0 Å². The van der Waals surface area contributed by atoms with Gasteiger partial charge in [0.2, 0.25) is 0 Å². The summed E-state index contributed by atoms with van der Waals surface area (Å²) in [6.07, 6.45) is 8.04. The zero-order valence-electron chi connectivity index (χ0n) is 12.7. The largest absolute Gasteiger partial charge is 0.444 e. The van der Waals surface area contributed by atoms with E-state index in [1.807, 2.05) is 36.4 Å². The van der Waals surface area contributed by atoms with Crippen LogP contribution in [0.4, 0.5) is 4.79 Å². The molecule has 1 aromatic rings. The van der Waals surface area contributed by atoms with Crippen molar-refractivity contribution in [2.45, 2.75) is 50.7 Å². The fourth-order valence-electron chi connectivity index (χ4n) is 3.38. The molecule has 0 N–H and O–H groups in total. The van der Waals surface area contributed by atoms with Crippen LogP contribution in [0.3, 0.4) is 0 Å². The third-order valence-electron chi connectivity index (χ3n) is 4.61. The first-order valence-corrected chi connectivity index (χ1v) is 7.92. The van der Waals surface area contributed by atoms with Gasteiger partial charge in [-0.05, 0) is 31.2 Å². The Morgan fingerprint density at radius 1 is 1.18 bits per heavy atom. The third kappa shape index (κ3) is 2.78. The molecule has 116 valence electrons. The minimum absolute atomic E-state index is 0.180. The third-order valence-corrected chi connectivity index (χ3v) is 4.61. The number of ether oxygens (including phenoxy) is 1. The topological polar surface area (TPSA) is 46.6 Å². The molecule has 4 heteroatoms. The molecule has 1 aromatic carbocycles. The van der Waals surface area contributed by atoms with Gasteiger partial charge in [0.25, 0.3) is 0 Å². The molecule has 1 aliphatic heterocycles. The molecule has 0 saturated heterocycles. The average Bonchev–Trinajstić information content (AvgIpc) is 2.57. The van der Waals surface area contributed by atoms with E-state index < -0.39 is 11.6 Å². The van der Waals surface area contributed by atoms with E-state index in [2.05, 4.69) is 0 Å². The van der Waals surface area contributed by atoms with E-state index >= 15 is 0 Å². The van der Waals surface area contributed by atoms with Crippen molar-refractivity contribution in [3.8, 4) is 0 Å². The van der Waals surface area contributed by atoms with E-state index in [1.165, 1.54) is 0 Å². The van der Waals surface area contributed by atoms with Crippen molar-refractivity contribution in [3.05, 3.63) is 48.2 Å². The number of rotatable bonds is 2. The maximum atomic E-state index is 12.5. The Labute approximate surface area is 130 Å². The molecule has 0 bridgehead atoms. The van der Waals surface area contributed by atoms with Crippen LogP contribution in [0.5, 0.6) is 0 Å². The first kappa shape index (κ1) is 14.8. The summed E-state index contributed by atoms with van der Waals surface area (Å²) in [5.74, 6) is 0.180. The lowest BCUT2D eigenvalue weighted by molar-refractivity contribution is -0.132. The number of ketones is 1. The Morgan fingerprint density at radius 2 is 2.00 bits per heavy atom. The number of carbonyl (C=O) groups is 2. The number of allylic oxidation sites excluding steroid dienone is 1. The lowest BCUT2D eigenvalue weighted by atomic mass is 9.75. The van der Waals surface area contributed by atoms with Gasteiger partial charge < -0.3 is 4.74 Å². The van der Waals surface area contributed by atoms with E-state index in [-0.39, 0.29) is 12.4 Å². The lowest BCUT2D eigenvalue weighted by Gasteiger charge is -2.44. The highest BCUT2D eigenvalue weighted by atomic mass is 16.6. The molecule has 3 rings (SSSR count). The summed E-state index contributed by atoms with van der Waals surface area (Å²) in [4.78, 5) is 26.5. The number of Topliss-reactive ketones (excluding diaryl/α,β-unsaturated/α-hetero) is 1. The molecular weight excluding hydrogens is 278 g/mol. The fourth-order valence-corrected chi connectivity index (χ4v) is 3.38. The molecule has 1 unspecified atom stereocenters. The quantitative estimate of drug-likeness (QED) is 0.834. The smallest absolute Gasteiger partial charge is 0.415 e. The van der Waals surface area contributed by atoms with Gasteiger partial charge in [-0.25, -0.2) is 4.79 Å². The first-order valence-electron chi connectivity index (χ1n) is 7.92. The second kappa shape index (κ2) is 6.34. The second-order valence-corrected chi connectivity index (χ2v) is 6.00. The van der Waals surface area contributed by atoms with Crippen molar-refractivity contribution in [2.24, 2.45) is 0 Å². The van der Waals surface area contributed by atoms with Gasteiger partial charge in [0.05, 0.1) is 0 Å². The molecule has 2 aliphatic rings. The zero-order valence-corrected chi connectivity index (χ0v) is 12.7. The van der Waals surface area contributed by atoms with Crippen molar-refractivity contribution >= 4 is 11.9 Å². The second-order valence-electron chi connectivity index (χ2n) is 6.00. The molecule has 22 heavy (non-hydrogen) atoms. The predicted molar refractivity (Wildman–Crippen MR) is 83.0 cm³/mol. The monoisotopic (exact) mass is 299 g/mol. The van der Waals surface area contributed by atoms with Crippen LogP contribution in [0.25, 0.3) is 0 Å². The van der Waals surface area contributed by atoms with Gasteiger partial charge in [-0.2, -0.15) is 0 Å². The molecule has 1 spiro atoms. The molecule has 1 atom stereocenters. The van der Waals surface area contributed by atoms with Crippen LogP contribution < -0.4 is 0 Å². The summed E-state index contributed by atoms with van der Waals surface area (Å²) < 4.78 is 5.43. The predicted octanol–water partition coefficient (Wildman–Crippen LogP) is 3.81. The maximum absolute atomic E-state index is 12.5. The average molecular weight is 299 g/mol. The van der Waals surface area contributed by atoms with Gasteiger partial charge in [-0.1, -0.05) is 42.8 Å². The molecule has 1 heterocycles. The van der Waals surface area contributed by atoms with Gasteiger partial charge in [0, 0.05) is 12.6 Å². The molecule has 0 aromatic heterocycles. The highest BCUT2D eigenvalue weighted by Gasteiger charge is 2.47. The van der Waals surface area contributed by atoms with Crippen LogP contribution in [0, 0.1) is 0 Å². The van der Waals surface area contributed by atoms with Crippen molar-refractivity contribution in [3.63, 3.8) is 0 Å². The Bertz CT molecular complexity index is 581. The molecule has 1 aliphatic carbocycles. The molecule has 1 saturated carbocycles. The normalized spacial score (nSPS) is 24.5. The van der Waals surface area contributed by atoms with E-state index in [1.54, 1.807) is 11.1 Å². The molecular formula is C18H21NO3. The molecule has 1 fully saturated rings. The Balaban J connectivity index is 1.73. The van der Waals surface area contributed by atoms with Gasteiger partial charge >= 0.3 is 6.09 Å². The summed E-state index contributed by atoms with van der Waals surface area (Å²) in [7, 11) is 0. The Hall–Kier alpha value is -2.10. The van der Waals surface area contributed by atoms with Gasteiger partial charge in [0.1, 0.15) is 12.1 Å². The van der Waals surface area contributed by atoms with Gasteiger partial charge in [-0.15, -0.1) is 0 Å². The summed E-state index contributed by atoms with van der Waals surface area (Å²) in [5, 5.41) is 0. The number of hydrogen-bond acceptors (Lipinski definition) is 3. The SMILES string of the molecule is O=C(OCc1ccccc1)N1C=CCCC12CCCCC2=O. The van der Waals surface area contributed by atoms with Crippen LogP contribution in [0.1, 0.15) is 44.1 Å². The summed E-state index contributed by atoms with van der Waals surface area (Å²) in [5.41, 5.74) is 0.279. The minimum atomic E-state index is -0.666. The number of nitrogens with zero attached hydrogens (tertiary/aromatic N) is 1. The van der Waals surface area contributed by atoms with E-state index in [0.29, 0.717) is 12.8 Å². The van der Waals surface area contributed by atoms with Gasteiger partial charge in [-0.3, -0.25) is 9.69 Å². The van der Waals surface area contributed by atoms with Crippen LogP contribution in [0.15, 0.2) is 42.6 Å². The highest BCUT2D eigenvalue weighted by molar-refractivity contribution is 5.93. The van der Waals surface area contributed by atoms with Crippen molar-refractivity contribution < 1.29 is 14.3 Å². The molecule has 1 amide bonds. The maximum Gasteiger partial charge on any atom is 0.415 e. The number of amides is 1. The number of benzene rings is 1. The van der Waals surface area contributed by atoms with Crippen molar-refractivity contribution in [1.29, 1.82) is 0 Å². The summed E-state index contributed by atoms with van der Waals surface area (Å²) in [6, 6.07) is 9.59. The summed E-state index contributed by atoms with van der Waals surface area (Å²) in [6.45, 7) is 0.230. The summed E-state index contributed by atoms with van der Waals surface area (Å²) >= 11 is 0. The van der Waals surface area contributed by atoms with Crippen LogP contribution in [-0.2, 0) is 16.1 Å². The Kier molecular flexibility index (Phi) is 4.27. The zero-order chi connectivity index (χ0) is 15.4. The van der Waals surface area contributed by atoms with E-state index in [4.69, 9.17) is 4.74 Å². The van der Waals surface area contributed by atoms with Crippen LogP contribution in [-0.4, -0.2) is 22.3 Å². The molecule has 0 radical (unpaired) electrons. The lowest BCUT2D eigenvalue weighted by Crippen LogP contribution is -2.57. The molecule has 4 nitrogen and oxygen atoms in total. The first-order chi connectivity index (χ1) is 10.7. The fraction of sp³-hybridized carbons (Fsp3) is 0.444. The van der Waals surface area contributed by atoms with Crippen molar-refractivity contribution in [1.82, 2.24) is 4.90 Å². The number of hydrogen-bond donors (Lipinski definition) is 0. The van der Waals surface area contributed by atoms with E-state index in [9.17, 15) is 9.59 Å².